The van der Waals surface area contributed by atoms with Gasteiger partial charge in [0.15, 0.2) is 0 Å². The molecule has 0 bridgehead atoms. The van der Waals surface area contributed by atoms with Crippen LogP contribution in [0.2, 0.25) is 5.54 Å². The molecule has 1 atom stereocenters. The van der Waals surface area contributed by atoms with Gasteiger partial charge in [-0.25, -0.2) is 0 Å². The maximum Gasteiger partial charge on any atom is 0.306 e. The molecule has 0 saturated carbocycles. The number of carbonyl (C=O) groups is 1. The standard InChI is InChI=1S/C5H10O2Si/c1-2-3-4(8)5(6)7/h2-4H,1,8H3,(H,6,7). The van der Waals surface area contributed by atoms with Crippen molar-refractivity contribution in [3.63, 3.8) is 0 Å². The van der Waals surface area contributed by atoms with E-state index in [2.05, 4.69) is 0 Å². The Morgan fingerprint density at radius 2 is 2.38 bits per heavy atom. The van der Waals surface area contributed by atoms with Gasteiger partial charge in [0.1, 0.15) is 0 Å². The summed E-state index contributed by atoms with van der Waals surface area (Å²) >= 11 is 0. The molecule has 2 nitrogen and oxygen atoms in total. The Morgan fingerprint density at radius 3 is 2.50 bits per heavy atom. The molecule has 0 heterocycles. The highest BCUT2D eigenvalue weighted by atomic mass is 28.1. The number of aliphatic carboxylic acids is 1. The van der Waals surface area contributed by atoms with Gasteiger partial charge in [0.25, 0.3) is 0 Å². The van der Waals surface area contributed by atoms with E-state index in [0.29, 0.717) is 10.2 Å². The molecule has 0 aliphatic heterocycles. The summed E-state index contributed by atoms with van der Waals surface area (Å²) in [7, 11) is 0.697. The van der Waals surface area contributed by atoms with E-state index in [1.54, 1.807) is 12.2 Å². The first kappa shape index (κ1) is 7.43. The molecule has 0 saturated heterocycles. The van der Waals surface area contributed by atoms with Crippen LogP contribution in [-0.4, -0.2) is 21.3 Å². The molecule has 0 radical (unpaired) electrons. The highest BCUT2D eigenvalue weighted by Crippen LogP contribution is 1.98. The third-order valence-electron chi connectivity index (χ3n) is 0.871. The number of hydrogen-bond acceptors (Lipinski definition) is 1. The van der Waals surface area contributed by atoms with E-state index in [1.807, 2.05) is 6.92 Å². The first-order chi connectivity index (χ1) is 3.68. The summed E-state index contributed by atoms with van der Waals surface area (Å²) in [5.74, 6) is -0.713. The maximum absolute atomic E-state index is 10.1. The second-order valence-electron chi connectivity index (χ2n) is 1.65. The van der Waals surface area contributed by atoms with Crippen LogP contribution in [-0.2, 0) is 4.79 Å². The monoisotopic (exact) mass is 130 g/mol. The van der Waals surface area contributed by atoms with Gasteiger partial charge in [-0.1, -0.05) is 12.2 Å². The Bertz CT molecular complexity index is 109. The lowest BCUT2D eigenvalue weighted by atomic mass is 10.4. The predicted molar refractivity (Wildman–Crippen MR) is 36.1 cm³/mol. The van der Waals surface area contributed by atoms with Crippen LogP contribution in [0, 0.1) is 0 Å². The lowest BCUT2D eigenvalue weighted by Gasteiger charge is -1.93. The van der Waals surface area contributed by atoms with Gasteiger partial charge in [-0.05, 0) is 6.92 Å². The average molecular weight is 130 g/mol. The smallest absolute Gasteiger partial charge is 0.306 e. The fourth-order valence-electron chi connectivity index (χ4n) is 0.371. The first-order valence-corrected chi connectivity index (χ1v) is 3.69. The van der Waals surface area contributed by atoms with Gasteiger partial charge in [0, 0.05) is 10.2 Å². The third kappa shape index (κ3) is 2.57. The molecule has 0 aromatic carbocycles. The Labute approximate surface area is 51.6 Å². The van der Waals surface area contributed by atoms with E-state index >= 15 is 0 Å². The van der Waals surface area contributed by atoms with Crippen molar-refractivity contribution in [3.8, 4) is 0 Å². The summed E-state index contributed by atoms with van der Waals surface area (Å²) in [5, 5.41) is 8.30. The van der Waals surface area contributed by atoms with Crippen molar-refractivity contribution in [2.45, 2.75) is 12.5 Å². The fourth-order valence-corrected chi connectivity index (χ4v) is 0.756. The van der Waals surface area contributed by atoms with Gasteiger partial charge in [-0.2, -0.15) is 0 Å². The molecule has 0 amide bonds. The minimum absolute atomic E-state index is 0.208. The lowest BCUT2D eigenvalue weighted by molar-refractivity contribution is -0.135. The quantitative estimate of drug-likeness (QED) is 0.415. The summed E-state index contributed by atoms with van der Waals surface area (Å²) < 4.78 is 0. The van der Waals surface area contributed by atoms with Crippen LogP contribution in [0.25, 0.3) is 0 Å². The summed E-state index contributed by atoms with van der Waals surface area (Å²) in [6.07, 6.45) is 3.47. The van der Waals surface area contributed by atoms with Crippen LogP contribution < -0.4 is 0 Å². The van der Waals surface area contributed by atoms with Crippen LogP contribution in [0.5, 0.6) is 0 Å². The second kappa shape index (κ2) is 3.43. The molecule has 0 aromatic heterocycles. The number of carboxylic acid groups (broad SMARTS) is 1. The SMILES string of the molecule is CC=CC([SiH3])C(=O)O. The zero-order chi connectivity index (χ0) is 6.57. The molecule has 0 rings (SSSR count). The highest BCUT2D eigenvalue weighted by molar-refractivity contribution is 6.23. The molecular formula is C5H10O2Si. The van der Waals surface area contributed by atoms with Crippen molar-refractivity contribution in [1.29, 1.82) is 0 Å². The van der Waals surface area contributed by atoms with E-state index in [0.717, 1.165) is 0 Å². The minimum atomic E-state index is -0.713. The van der Waals surface area contributed by atoms with Crippen molar-refractivity contribution < 1.29 is 9.90 Å². The van der Waals surface area contributed by atoms with Crippen LogP contribution in [0.15, 0.2) is 12.2 Å². The van der Waals surface area contributed by atoms with Gasteiger partial charge in [0.05, 0.1) is 5.54 Å². The molecule has 46 valence electrons. The van der Waals surface area contributed by atoms with E-state index in [9.17, 15) is 4.79 Å². The van der Waals surface area contributed by atoms with Gasteiger partial charge in [0.2, 0.25) is 0 Å². The van der Waals surface area contributed by atoms with Gasteiger partial charge in [-0.15, -0.1) is 0 Å². The largest absolute Gasteiger partial charge is 0.481 e. The number of rotatable bonds is 2. The molecule has 0 aliphatic carbocycles. The number of hydrogen-bond donors (Lipinski definition) is 1. The van der Waals surface area contributed by atoms with Crippen LogP contribution in [0.3, 0.4) is 0 Å². The zero-order valence-corrected chi connectivity index (χ0v) is 7.09. The summed E-state index contributed by atoms with van der Waals surface area (Å²) in [5.41, 5.74) is -0.208. The maximum atomic E-state index is 10.1. The summed E-state index contributed by atoms with van der Waals surface area (Å²) in [6.45, 7) is 1.83. The number of allylic oxidation sites excluding steroid dienone is 1. The van der Waals surface area contributed by atoms with Crippen molar-refractivity contribution in [1.82, 2.24) is 0 Å². The molecule has 1 N–H and O–H groups in total. The molecule has 0 spiro atoms. The lowest BCUT2D eigenvalue weighted by Crippen LogP contribution is -2.03. The van der Waals surface area contributed by atoms with E-state index in [4.69, 9.17) is 5.11 Å². The molecule has 0 aromatic rings. The molecule has 0 aliphatic rings. The normalized spacial score (nSPS) is 14.6. The molecule has 3 heteroatoms. The summed E-state index contributed by atoms with van der Waals surface area (Å²) in [6, 6.07) is 0. The zero-order valence-electron chi connectivity index (χ0n) is 5.09. The summed E-state index contributed by atoms with van der Waals surface area (Å²) in [4.78, 5) is 10.1. The van der Waals surface area contributed by atoms with Gasteiger partial charge >= 0.3 is 5.97 Å². The molecular weight excluding hydrogens is 120 g/mol. The van der Waals surface area contributed by atoms with Crippen molar-refractivity contribution in [3.05, 3.63) is 12.2 Å². The van der Waals surface area contributed by atoms with Crippen molar-refractivity contribution >= 4 is 16.2 Å². The average Bonchev–Trinajstić information content (AvgIpc) is 1.67. The Hall–Kier alpha value is -0.573. The van der Waals surface area contributed by atoms with Crippen molar-refractivity contribution in [2.24, 2.45) is 0 Å². The predicted octanol–water partition coefficient (Wildman–Crippen LogP) is -0.199. The van der Waals surface area contributed by atoms with Gasteiger partial charge < -0.3 is 5.11 Å². The van der Waals surface area contributed by atoms with Crippen LogP contribution in [0.4, 0.5) is 0 Å². The molecule has 0 fully saturated rings. The first-order valence-electron chi connectivity index (χ1n) is 2.54. The van der Waals surface area contributed by atoms with Crippen LogP contribution >= 0.6 is 0 Å². The van der Waals surface area contributed by atoms with Crippen LogP contribution in [0.1, 0.15) is 6.92 Å². The highest BCUT2D eigenvalue weighted by Gasteiger charge is 2.03. The number of carboxylic acids is 1. The van der Waals surface area contributed by atoms with Crippen molar-refractivity contribution in [2.75, 3.05) is 0 Å². The second-order valence-corrected chi connectivity index (χ2v) is 2.90. The molecule has 8 heavy (non-hydrogen) atoms. The van der Waals surface area contributed by atoms with E-state index in [1.165, 1.54) is 0 Å². The van der Waals surface area contributed by atoms with Gasteiger partial charge in [-0.3, -0.25) is 4.79 Å². The third-order valence-corrected chi connectivity index (χ3v) is 1.75. The molecule has 1 unspecified atom stereocenters. The Balaban J connectivity index is 3.64. The van der Waals surface area contributed by atoms with E-state index < -0.39 is 5.97 Å². The topological polar surface area (TPSA) is 37.3 Å². The van der Waals surface area contributed by atoms with E-state index in [-0.39, 0.29) is 5.54 Å². The Kier molecular flexibility index (Phi) is 3.19. The fraction of sp³-hybridized carbons (Fsp3) is 0.400. The minimum Gasteiger partial charge on any atom is -0.481 e. The Morgan fingerprint density at radius 1 is 1.88 bits per heavy atom.